The van der Waals surface area contributed by atoms with E-state index in [-0.39, 0.29) is 0 Å². The monoisotopic (exact) mass is 191 g/mol. The quantitative estimate of drug-likeness (QED) is 0.389. The molecule has 1 heteroatoms. The zero-order valence-corrected chi connectivity index (χ0v) is 8.20. The Labute approximate surface area is 87.4 Å². The summed E-state index contributed by atoms with van der Waals surface area (Å²) in [5, 5.41) is 4.12. The van der Waals surface area contributed by atoms with Crippen LogP contribution in [-0.4, -0.2) is 4.98 Å². The van der Waals surface area contributed by atoms with Crippen molar-refractivity contribution in [2.75, 3.05) is 0 Å². The van der Waals surface area contributed by atoms with E-state index in [1.807, 2.05) is 6.20 Å². The Balaban J connectivity index is 2.42. The molecule has 0 amide bonds. The third-order valence-corrected chi connectivity index (χ3v) is 3.30. The summed E-state index contributed by atoms with van der Waals surface area (Å²) in [5.41, 5.74) is 4.00. The van der Waals surface area contributed by atoms with Crippen LogP contribution in [0.4, 0.5) is 0 Å². The van der Waals surface area contributed by atoms with Crippen molar-refractivity contribution in [1.82, 2.24) is 4.98 Å². The maximum atomic E-state index is 4.43. The van der Waals surface area contributed by atoms with Gasteiger partial charge in [-0.05, 0) is 40.5 Å². The third-order valence-electron chi connectivity index (χ3n) is 3.30. The molecule has 1 aliphatic carbocycles. The molecule has 0 bridgehead atoms. The highest BCUT2D eigenvalue weighted by Crippen LogP contribution is 2.36. The largest absolute Gasteiger partial charge is 0.256 e. The van der Waals surface area contributed by atoms with Gasteiger partial charge in [-0.1, -0.05) is 24.3 Å². The Hall–Kier alpha value is -1.89. The molecule has 70 valence electrons. The first kappa shape index (κ1) is 7.41. The average molecular weight is 191 g/mol. The van der Waals surface area contributed by atoms with E-state index in [1.54, 1.807) is 0 Å². The van der Waals surface area contributed by atoms with Crippen LogP contribution in [0.2, 0.25) is 0 Å². The molecule has 3 aromatic rings. The summed E-state index contributed by atoms with van der Waals surface area (Å²) in [6.07, 6.45) is 2.98. The van der Waals surface area contributed by atoms with Crippen LogP contribution in [0.5, 0.6) is 0 Å². The van der Waals surface area contributed by atoms with Crippen LogP contribution in [0.3, 0.4) is 0 Å². The number of aromatic nitrogens is 1. The van der Waals surface area contributed by atoms with Crippen LogP contribution in [0.1, 0.15) is 11.1 Å². The molecule has 0 fully saturated rings. The molecule has 0 saturated heterocycles. The summed E-state index contributed by atoms with van der Waals surface area (Å²) in [6.45, 7) is 0. The van der Waals surface area contributed by atoms with Crippen molar-refractivity contribution < 1.29 is 0 Å². The fourth-order valence-electron chi connectivity index (χ4n) is 2.67. The highest BCUT2D eigenvalue weighted by Gasteiger charge is 2.16. The van der Waals surface area contributed by atoms with E-state index >= 15 is 0 Å². The molecular formula is C14H9N. The lowest BCUT2D eigenvalue weighted by molar-refractivity contribution is 1.25. The zero-order valence-electron chi connectivity index (χ0n) is 8.20. The van der Waals surface area contributed by atoms with E-state index in [1.165, 1.54) is 27.3 Å². The molecule has 0 radical (unpaired) electrons. The lowest BCUT2D eigenvalue weighted by Gasteiger charge is -2.01. The smallest absolute Gasteiger partial charge is 0.0711 e. The van der Waals surface area contributed by atoms with Crippen molar-refractivity contribution in [3.63, 3.8) is 0 Å². The predicted molar refractivity (Wildman–Crippen MR) is 62.1 cm³/mol. The van der Waals surface area contributed by atoms with Crippen molar-refractivity contribution in [1.29, 1.82) is 0 Å². The molecule has 1 heterocycles. The van der Waals surface area contributed by atoms with E-state index in [4.69, 9.17) is 0 Å². The molecule has 0 unspecified atom stereocenters. The second-order valence-electron chi connectivity index (χ2n) is 4.12. The summed E-state index contributed by atoms with van der Waals surface area (Å²) < 4.78 is 0. The van der Waals surface area contributed by atoms with Crippen molar-refractivity contribution in [3.05, 3.63) is 53.7 Å². The Bertz CT molecular complexity index is 637. The molecule has 1 aromatic heterocycles. The Morgan fingerprint density at radius 2 is 1.80 bits per heavy atom. The lowest BCUT2D eigenvalue weighted by atomic mass is 10.1. The summed E-state index contributed by atoms with van der Waals surface area (Å²) in [4.78, 5) is 4.43. The minimum atomic E-state index is 1.07. The maximum absolute atomic E-state index is 4.43. The SMILES string of the molecule is c1cc2c3c(c1)ccc1nccc(c13)C2. The number of benzene rings is 2. The molecule has 0 atom stereocenters. The number of rotatable bonds is 0. The number of pyridine rings is 1. The molecule has 0 aliphatic heterocycles. The van der Waals surface area contributed by atoms with Crippen LogP contribution >= 0.6 is 0 Å². The van der Waals surface area contributed by atoms with Gasteiger partial charge in [0.05, 0.1) is 5.52 Å². The van der Waals surface area contributed by atoms with Crippen molar-refractivity contribution in [3.8, 4) is 0 Å². The van der Waals surface area contributed by atoms with Gasteiger partial charge < -0.3 is 0 Å². The van der Waals surface area contributed by atoms with Gasteiger partial charge in [0.1, 0.15) is 0 Å². The van der Waals surface area contributed by atoms with Gasteiger partial charge in [0.15, 0.2) is 0 Å². The summed E-state index contributed by atoms with van der Waals surface area (Å²) in [5.74, 6) is 0. The fourth-order valence-corrected chi connectivity index (χ4v) is 2.67. The van der Waals surface area contributed by atoms with Crippen LogP contribution in [0.15, 0.2) is 42.6 Å². The minimum Gasteiger partial charge on any atom is -0.256 e. The average Bonchev–Trinajstić information content (AvgIpc) is 2.66. The normalized spacial score (nSPS) is 13.1. The highest BCUT2D eigenvalue weighted by molar-refractivity contribution is 6.12. The van der Waals surface area contributed by atoms with Crippen LogP contribution in [0.25, 0.3) is 21.7 Å². The second kappa shape index (κ2) is 2.37. The molecule has 15 heavy (non-hydrogen) atoms. The summed E-state index contributed by atoms with van der Waals surface area (Å²) in [7, 11) is 0. The first-order valence-corrected chi connectivity index (χ1v) is 5.22. The Morgan fingerprint density at radius 1 is 0.867 bits per heavy atom. The van der Waals surface area contributed by atoms with Crippen LogP contribution in [0, 0.1) is 0 Å². The zero-order chi connectivity index (χ0) is 9.83. The maximum Gasteiger partial charge on any atom is 0.0711 e. The second-order valence-corrected chi connectivity index (χ2v) is 4.12. The predicted octanol–water partition coefficient (Wildman–Crippen LogP) is 3.29. The van der Waals surface area contributed by atoms with E-state index in [0.29, 0.717) is 0 Å². The molecule has 2 aromatic carbocycles. The van der Waals surface area contributed by atoms with E-state index in [2.05, 4.69) is 41.4 Å². The van der Waals surface area contributed by atoms with Crippen molar-refractivity contribution >= 4 is 21.7 Å². The Kier molecular flexibility index (Phi) is 1.17. The fraction of sp³-hybridized carbons (Fsp3) is 0.0714. The number of nitrogens with zero attached hydrogens (tertiary/aromatic N) is 1. The van der Waals surface area contributed by atoms with Gasteiger partial charge in [-0.25, -0.2) is 0 Å². The van der Waals surface area contributed by atoms with Crippen molar-refractivity contribution in [2.45, 2.75) is 6.42 Å². The van der Waals surface area contributed by atoms with Crippen LogP contribution < -0.4 is 0 Å². The topological polar surface area (TPSA) is 12.9 Å². The van der Waals surface area contributed by atoms with Gasteiger partial charge in [-0.15, -0.1) is 0 Å². The molecule has 1 aliphatic rings. The molecule has 0 spiro atoms. The molecular weight excluding hydrogens is 182 g/mol. The number of hydrogen-bond donors (Lipinski definition) is 0. The van der Waals surface area contributed by atoms with E-state index < -0.39 is 0 Å². The lowest BCUT2D eigenvalue weighted by Crippen LogP contribution is -1.81. The summed E-state index contributed by atoms with van der Waals surface area (Å²) in [6, 6.07) is 13.0. The van der Waals surface area contributed by atoms with E-state index in [9.17, 15) is 0 Å². The molecule has 1 nitrogen and oxygen atoms in total. The minimum absolute atomic E-state index is 1.07. The van der Waals surface area contributed by atoms with E-state index in [0.717, 1.165) is 11.9 Å². The Morgan fingerprint density at radius 3 is 2.80 bits per heavy atom. The van der Waals surface area contributed by atoms with Gasteiger partial charge in [-0.3, -0.25) is 4.98 Å². The third kappa shape index (κ3) is 0.809. The highest BCUT2D eigenvalue weighted by atomic mass is 14.6. The van der Waals surface area contributed by atoms with Gasteiger partial charge in [0.25, 0.3) is 0 Å². The van der Waals surface area contributed by atoms with Gasteiger partial charge in [0, 0.05) is 11.6 Å². The first-order chi connectivity index (χ1) is 7.43. The summed E-state index contributed by atoms with van der Waals surface area (Å²) >= 11 is 0. The molecule has 0 N–H and O–H groups in total. The van der Waals surface area contributed by atoms with Gasteiger partial charge in [0.2, 0.25) is 0 Å². The van der Waals surface area contributed by atoms with Gasteiger partial charge in [-0.2, -0.15) is 0 Å². The molecule has 0 saturated carbocycles. The van der Waals surface area contributed by atoms with Crippen molar-refractivity contribution in [2.24, 2.45) is 0 Å². The van der Waals surface area contributed by atoms with Crippen LogP contribution in [-0.2, 0) is 6.42 Å². The first-order valence-electron chi connectivity index (χ1n) is 5.22. The standard InChI is InChI=1S/C14H9N/c1-2-9-4-5-12-14-11(6-7-15-12)8-10(3-1)13(9)14/h1-7H,8H2. The number of hydrogen-bond acceptors (Lipinski definition) is 1. The van der Waals surface area contributed by atoms with Gasteiger partial charge >= 0.3 is 0 Å². The molecule has 4 rings (SSSR count).